The summed E-state index contributed by atoms with van der Waals surface area (Å²) in [6.45, 7) is 3.86. The van der Waals surface area contributed by atoms with E-state index in [1.807, 2.05) is 26.2 Å². The van der Waals surface area contributed by atoms with Crippen LogP contribution in [0.3, 0.4) is 0 Å². The van der Waals surface area contributed by atoms with E-state index >= 15 is 0 Å². The molecule has 0 aliphatic carbocycles. The maximum atomic E-state index is 13.2. The smallest absolute Gasteiger partial charge is 0.406 e. The average Bonchev–Trinajstić information content (AvgIpc) is 2.75. The molecule has 3 rings (SSSR count). The fourth-order valence-electron chi connectivity index (χ4n) is 3.65. The fourth-order valence-corrected chi connectivity index (χ4v) is 3.65. The Balaban J connectivity index is 1.70. The van der Waals surface area contributed by atoms with Crippen molar-refractivity contribution in [2.24, 2.45) is 0 Å². The number of hydrogen-bond acceptors (Lipinski definition) is 5. The summed E-state index contributed by atoms with van der Waals surface area (Å²) in [6, 6.07) is 15.1. The quantitative estimate of drug-likeness (QED) is 0.808. The van der Waals surface area contributed by atoms with Gasteiger partial charge in [-0.2, -0.15) is 0 Å². The molecule has 0 bridgehead atoms. The van der Waals surface area contributed by atoms with Crippen LogP contribution >= 0.6 is 0 Å². The summed E-state index contributed by atoms with van der Waals surface area (Å²) >= 11 is 0. The van der Waals surface area contributed by atoms with Gasteiger partial charge in [0.15, 0.2) is 0 Å². The van der Waals surface area contributed by atoms with Crippen LogP contribution in [0.4, 0.5) is 20.6 Å². The highest BCUT2D eigenvalue weighted by atomic mass is 19.1. The van der Waals surface area contributed by atoms with Crippen LogP contribution in [0.2, 0.25) is 0 Å². The van der Waals surface area contributed by atoms with Crippen LogP contribution in [0.15, 0.2) is 48.5 Å². The Morgan fingerprint density at radius 1 is 1.07 bits per heavy atom. The van der Waals surface area contributed by atoms with Gasteiger partial charge < -0.3 is 19.9 Å². The number of methoxy groups -OCH3 is 1. The van der Waals surface area contributed by atoms with Crippen molar-refractivity contribution in [3.8, 4) is 0 Å². The molecule has 29 heavy (non-hydrogen) atoms. The van der Waals surface area contributed by atoms with Gasteiger partial charge in [-0.15, -0.1) is 0 Å². The lowest BCUT2D eigenvalue weighted by molar-refractivity contribution is 0.154. The zero-order chi connectivity index (χ0) is 20.8. The number of carbonyl (C=O) groups is 1. The highest BCUT2D eigenvalue weighted by Crippen LogP contribution is 2.26. The molecule has 1 N–H and O–H groups in total. The summed E-state index contributed by atoms with van der Waals surface area (Å²) in [5.41, 5.74) is 3.32. The van der Waals surface area contributed by atoms with Gasteiger partial charge in [-0.3, -0.25) is 4.90 Å². The second-order valence-electron chi connectivity index (χ2n) is 7.37. The Bertz CT molecular complexity index is 787. The van der Waals surface area contributed by atoms with Gasteiger partial charge in [0.25, 0.3) is 0 Å². The number of piperazine rings is 1. The predicted molar refractivity (Wildman–Crippen MR) is 114 cm³/mol. The van der Waals surface area contributed by atoms with Gasteiger partial charge in [-0.25, -0.2) is 9.18 Å². The number of rotatable bonds is 6. The molecule has 0 unspecified atom stereocenters. The Kier molecular flexibility index (Phi) is 6.93. The van der Waals surface area contributed by atoms with E-state index in [1.165, 1.54) is 19.2 Å². The van der Waals surface area contributed by atoms with E-state index in [-0.39, 0.29) is 11.9 Å². The molecular formula is C22H29FN4O2. The molecule has 2 aromatic rings. The van der Waals surface area contributed by atoms with E-state index in [4.69, 9.17) is 4.74 Å². The summed E-state index contributed by atoms with van der Waals surface area (Å²) < 4.78 is 17.9. The van der Waals surface area contributed by atoms with E-state index < -0.39 is 6.09 Å². The molecule has 1 atom stereocenters. The number of halogens is 1. The van der Waals surface area contributed by atoms with E-state index in [0.29, 0.717) is 6.54 Å². The first-order valence-electron chi connectivity index (χ1n) is 9.81. The highest BCUT2D eigenvalue weighted by Gasteiger charge is 2.26. The lowest BCUT2D eigenvalue weighted by Gasteiger charge is -2.40. The number of ether oxygens (including phenoxy) is 1. The van der Waals surface area contributed by atoms with Crippen LogP contribution in [0.25, 0.3) is 0 Å². The van der Waals surface area contributed by atoms with Gasteiger partial charge in [0.1, 0.15) is 5.82 Å². The lowest BCUT2D eigenvalue weighted by Crippen LogP contribution is -2.50. The van der Waals surface area contributed by atoms with Crippen LogP contribution in [0.5, 0.6) is 0 Å². The zero-order valence-corrected chi connectivity index (χ0v) is 17.3. The maximum absolute atomic E-state index is 13.2. The number of nitrogens with zero attached hydrogens (tertiary/aromatic N) is 3. The molecule has 0 aromatic heterocycles. The summed E-state index contributed by atoms with van der Waals surface area (Å²) in [5.74, 6) is -0.220. The zero-order valence-electron chi connectivity index (χ0n) is 17.3. The first kappa shape index (κ1) is 20.9. The van der Waals surface area contributed by atoms with Crippen molar-refractivity contribution in [2.45, 2.75) is 6.04 Å². The SMILES string of the molecule is COC(=O)NC[C@@H](c1ccc(N(C)C)cc1)N1CCN(c2ccc(F)cc2)CC1. The van der Waals surface area contributed by atoms with Crippen molar-refractivity contribution in [3.63, 3.8) is 0 Å². The molecule has 0 radical (unpaired) electrons. The molecule has 1 heterocycles. The molecule has 7 heteroatoms. The van der Waals surface area contributed by atoms with Crippen molar-refractivity contribution >= 4 is 17.5 Å². The molecule has 1 fully saturated rings. The monoisotopic (exact) mass is 400 g/mol. The molecule has 1 amide bonds. The minimum absolute atomic E-state index is 0.0562. The number of alkyl carbamates (subject to hydrolysis) is 1. The van der Waals surface area contributed by atoms with E-state index in [1.54, 1.807) is 0 Å². The van der Waals surface area contributed by atoms with Crippen LogP contribution in [0.1, 0.15) is 11.6 Å². The summed E-state index contributed by atoms with van der Waals surface area (Å²) in [4.78, 5) is 18.3. The molecule has 1 aliphatic rings. The second kappa shape index (κ2) is 9.60. The molecule has 1 aliphatic heterocycles. The predicted octanol–water partition coefficient (Wildman–Crippen LogP) is 3.11. The van der Waals surface area contributed by atoms with Crippen LogP contribution < -0.4 is 15.1 Å². The van der Waals surface area contributed by atoms with Gasteiger partial charge in [0, 0.05) is 58.2 Å². The number of hydrogen-bond donors (Lipinski definition) is 1. The molecule has 1 saturated heterocycles. The Morgan fingerprint density at radius 3 is 2.24 bits per heavy atom. The van der Waals surface area contributed by atoms with E-state index in [0.717, 1.165) is 43.1 Å². The van der Waals surface area contributed by atoms with E-state index in [2.05, 4.69) is 44.3 Å². The largest absolute Gasteiger partial charge is 0.453 e. The van der Waals surface area contributed by atoms with Gasteiger partial charge in [0.05, 0.1) is 13.2 Å². The minimum atomic E-state index is -0.426. The fraction of sp³-hybridized carbons (Fsp3) is 0.409. The molecular weight excluding hydrogens is 371 g/mol. The third-order valence-electron chi connectivity index (χ3n) is 5.37. The van der Waals surface area contributed by atoms with Crippen molar-refractivity contribution in [2.75, 3.05) is 63.7 Å². The Labute approximate surface area is 171 Å². The van der Waals surface area contributed by atoms with Crippen molar-refractivity contribution in [1.29, 1.82) is 0 Å². The Hall–Kier alpha value is -2.80. The normalized spacial score (nSPS) is 15.7. The number of carbonyl (C=O) groups excluding carboxylic acids is 1. The topological polar surface area (TPSA) is 48.1 Å². The molecule has 2 aromatic carbocycles. The maximum Gasteiger partial charge on any atom is 0.406 e. The molecule has 6 nitrogen and oxygen atoms in total. The van der Waals surface area contributed by atoms with Crippen molar-refractivity contribution < 1.29 is 13.9 Å². The molecule has 0 saturated carbocycles. The second-order valence-corrected chi connectivity index (χ2v) is 7.37. The number of nitrogens with one attached hydrogen (secondary N) is 1. The standard InChI is InChI=1S/C22H29FN4O2/c1-25(2)19-8-4-17(5-9-19)21(16-24-22(28)29-3)27-14-12-26(13-15-27)20-10-6-18(23)7-11-20/h4-11,21H,12-16H2,1-3H3,(H,24,28)/t21-/m0/s1. The van der Waals surface area contributed by atoms with Crippen LogP contribution in [0, 0.1) is 5.82 Å². The van der Waals surface area contributed by atoms with Crippen LogP contribution in [-0.2, 0) is 4.74 Å². The summed E-state index contributed by atoms with van der Waals surface area (Å²) in [5, 5.41) is 2.85. The summed E-state index contributed by atoms with van der Waals surface area (Å²) in [7, 11) is 5.40. The van der Waals surface area contributed by atoms with E-state index in [9.17, 15) is 9.18 Å². The first-order chi connectivity index (χ1) is 14.0. The van der Waals surface area contributed by atoms with Crippen molar-refractivity contribution in [1.82, 2.24) is 10.2 Å². The minimum Gasteiger partial charge on any atom is -0.453 e. The van der Waals surface area contributed by atoms with Crippen molar-refractivity contribution in [3.05, 3.63) is 59.9 Å². The average molecular weight is 400 g/mol. The van der Waals surface area contributed by atoms with Crippen LogP contribution in [-0.4, -0.2) is 64.9 Å². The number of benzene rings is 2. The number of anilines is 2. The third-order valence-corrected chi connectivity index (χ3v) is 5.37. The molecule has 0 spiro atoms. The first-order valence-corrected chi connectivity index (χ1v) is 9.81. The van der Waals surface area contributed by atoms with Gasteiger partial charge in [-0.1, -0.05) is 12.1 Å². The molecule has 156 valence electrons. The van der Waals surface area contributed by atoms with Gasteiger partial charge in [0.2, 0.25) is 0 Å². The van der Waals surface area contributed by atoms with Gasteiger partial charge >= 0.3 is 6.09 Å². The Morgan fingerprint density at radius 2 is 1.69 bits per heavy atom. The lowest BCUT2D eigenvalue weighted by atomic mass is 10.0. The third kappa shape index (κ3) is 5.38. The summed E-state index contributed by atoms with van der Waals surface area (Å²) in [6.07, 6.45) is -0.426. The number of amides is 1. The highest BCUT2D eigenvalue weighted by molar-refractivity contribution is 5.67. The van der Waals surface area contributed by atoms with Gasteiger partial charge in [-0.05, 0) is 42.0 Å².